The molecule has 0 saturated carbocycles. The first-order valence-electron chi connectivity index (χ1n) is 6.86. The van der Waals surface area contributed by atoms with Crippen molar-refractivity contribution in [1.29, 1.82) is 0 Å². The topological polar surface area (TPSA) is 146 Å². The number of hydrogen-bond donors (Lipinski definition) is 3. The van der Waals surface area contributed by atoms with E-state index in [1.807, 2.05) is 0 Å². The van der Waals surface area contributed by atoms with Crippen LogP contribution >= 0.6 is 0 Å². The van der Waals surface area contributed by atoms with Crippen molar-refractivity contribution in [3.05, 3.63) is 47.3 Å². The normalized spacial score (nSPS) is 11.9. The molecular weight excluding hydrogens is 359 g/mol. The SMILES string of the molecule is NC(=O)COc1ccc(/C(N)=N/OC(=O)c2cc(C(F)(F)F)[nH]n2)cc1. The van der Waals surface area contributed by atoms with E-state index in [2.05, 4.69) is 15.1 Å². The van der Waals surface area contributed by atoms with Gasteiger partial charge in [-0.3, -0.25) is 9.89 Å². The predicted molar refractivity (Wildman–Crippen MR) is 80.9 cm³/mol. The van der Waals surface area contributed by atoms with Crippen molar-refractivity contribution in [2.24, 2.45) is 16.6 Å². The summed E-state index contributed by atoms with van der Waals surface area (Å²) in [5.74, 6) is -1.74. The van der Waals surface area contributed by atoms with E-state index >= 15 is 0 Å². The number of nitrogens with zero attached hydrogens (tertiary/aromatic N) is 2. The van der Waals surface area contributed by atoms with Crippen molar-refractivity contribution in [3.8, 4) is 5.75 Å². The summed E-state index contributed by atoms with van der Waals surface area (Å²) in [4.78, 5) is 26.7. The number of ether oxygens (including phenoxy) is 1. The molecule has 0 bridgehead atoms. The Morgan fingerprint density at radius 2 is 1.85 bits per heavy atom. The number of amides is 1. The van der Waals surface area contributed by atoms with E-state index in [4.69, 9.17) is 16.2 Å². The van der Waals surface area contributed by atoms with Crippen LogP contribution < -0.4 is 16.2 Å². The summed E-state index contributed by atoms with van der Waals surface area (Å²) in [7, 11) is 0. The number of aromatic amines is 1. The molecule has 1 heterocycles. The highest BCUT2D eigenvalue weighted by Gasteiger charge is 2.34. The number of carbonyl (C=O) groups excluding carboxylic acids is 2. The molecule has 26 heavy (non-hydrogen) atoms. The molecule has 0 spiro atoms. The van der Waals surface area contributed by atoms with Crippen molar-refractivity contribution >= 4 is 17.7 Å². The van der Waals surface area contributed by atoms with Crippen LogP contribution in [0.2, 0.25) is 0 Å². The fourth-order valence-electron chi connectivity index (χ4n) is 1.64. The van der Waals surface area contributed by atoms with Crippen LogP contribution in [0.5, 0.6) is 5.75 Å². The number of H-pyrrole nitrogens is 1. The average molecular weight is 371 g/mol. The van der Waals surface area contributed by atoms with Crippen LogP contribution in [0.25, 0.3) is 0 Å². The molecule has 9 nitrogen and oxygen atoms in total. The molecule has 2 aromatic rings. The quantitative estimate of drug-likeness (QED) is 0.296. The Labute approximate surface area is 143 Å². The van der Waals surface area contributed by atoms with Gasteiger partial charge in [-0.05, 0) is 24.3 Å². The largest absolute Gasteiger partial charge is 0.484 e. The second-order valence-electron chi connectivity index (χ2n) is 4.80. The molecule has 0 atom stereocenters. The Hall–Kier alpha value is -3.57. The predicted octanol–water partition coefficient (Wildman–Crippen LogP) is 0.770. The summed E-state index contributed by atoms with van der Waals surface area (Å²) in [6, 6.07) is 6.33. The smallest absolute Gasteiger partial charge is 0.432 e. The van der Waals surface area contributed by atoms with Gasteiger partial charge in [0.1, 0.15) is 11.4 Å². The Morgan fingerprint density at radius 3 is 2.38 bits per heavy atom. The maximum Gasteiger partial charge on any atom is 0.432 e. The minimum absolute atomic E-state index is 0.216. The lowest BCUT2D eigenvalue weighted by Gasteiger charge is -2.05. The third kappa shape index (κ3) is 4.96. The Balaban J connectivity index is 1.99. The van der Waals surface area contributed by atoms with E-state index in [0.717, 1.165) is 0 Å². The molecule has 0 radical (unpaired) electrons. The zero-order chi connectivity index (χ0) is 19.3. The zero-order valence-corrected chi connectivity index (χ0v) is 12.9. The second kappa shape index (κ2) is 7.55. The van der Waals surface area contributed by atoms with Crippen molar-refractivity contribution in [1.82, 2.24) is 10.2 Å². The van der Waals surface area contributed by atoms with Gasteiger partial charge in [0.15, 0.2) is 18.1 Å². The molecule has 0 aliphatic carbocycles. The monoisotopic (exact) mass is 371 g/mol. The molecule has 1 amide bonds. The molecule has 12 heteroatoms. The van der Waals surface area contributed by atoms with E-state index in [-0.39, 0.29) is 12.4 Å². The average Bonchev–Trinajstić information content (AvgIpc) is 3.08. The van der Waals surface area contributed by atoms with Gasteiger partial charge in [-0.2, -0.15) is 18.3 Å². The number of rotatable bonds is 6. The lowest BCUT2D eigenvalue weighted by atomic mass is 10.2. The standard InChI is InChI=1S/C14H12F3N5O4/c15-14(16,17)10-5-9(20-21-10)13(24)26-22-12(19)7-1-3-8(4-2-7)25-6-11(18)23/h1-5H,6H2,(H2,18,23)(H2,19,22)(H,20,21). The molecule has 0 unspecified atom stereocenters. The van der Waals surface area contributed by atoms with Gasteiger partial charge in [-0.25, -0.2) is 4.79 Å². The van der Waals surface area contributed by atoms with Gasteiger partial charge in [-0.15, -0.1) is 0 Å². The van der Waals surface area contributed by atoms with Crippen molar-refractivity contribution in [3.63, 3.8) is 0 Å². The van der Waals surface area contributed by atoms with Gasteiger partial charge in [0.25, 0.3) is 5.91 Å². The summed E-state index contributed by atoms with van der Waals surface area (Å²) < 4.78 is 42.3. The number of nitrogens with two attached hydrogens (primary N) is 2. The molecule has 138 valence electrons. The molecule has 0 aliphatic rings. The van der Waals surface area contributed by atoms with Gasteiger partial charge < -0.3 is 21.0 Å². The van der Waals surface area contributed by atoms with E-state index in [0.29, 0.717) is 17.4 Å². The lowest BCUT2D eigenvalue weighted by molar-refractivity contribution is -0.141. The van der Waals surface area contributed by atoms with E-state index < -0.39 is 29.4 Å². The van der Waals surface area contributed by atoms with Crippen LogP contribution in [0.1, 0.15) is 21.7 Å². The Kier molecular flexibility index (Phi) is 5.45. The van der Waals surface area contributed by atoms with Crippen LogP contribution in [0.3, 0.4) is 0 Å². The van der Waals surface area contributed by atoms with Gasteiger partial charge >= 0.3 is 12.1 Å². The van der Waals surface area contributed by atoms with E-state index in [9.17, 15) is 22.8 Å². The first kappa shape index (κ1) is 18.8. The zero-order valence-electron chi connectivity index (χ0n) is 12.9. The second-order valence-corrected chi connectivity index (χ2v) is 4.80. The fraction of sp³-hybridized carbons (Fsp3) is 0.143. The van der Waals surface area contributed by atoms with Gasteiger partial charge in [-0.1, -0.05) is 5.16 Å². The molecule has 2 rings (SSSR count). The first-order chi connectivity index (χ1) is 12.2. The minimum atomic E-state index is -4.67. The highest BCUT2D eigenvalue weighted by Crippen LogP contribution is 2.27. The summed E-state index contributed by atoms with van der Waals surface area (Å²) in [5.41, 5.74) is 9.08. The number of primary amides is 1. The molecule has 1 aromatic carbocycles. The molecule has 0 fully saturated rings. The number of carbonyl (C=O) groups is 2. The van der Waals surface area contributed by atoms with Crippen molar-refractivity contribution < 1.29 is 32.3 Å². The number of alkyl halides is 3. The first-order valence-corrected chi connectivity index (χ1v) is 6.86. The van der Waals surface area contributed by atoms with Crippen molar-refractivity contribution in [2.45, 2.75) is 6.18 Å². The summed E-state index contributed by atoms with van der Waals surface area (Å²) >= 11 is 0. The Morgan fingerprint density at radius 1 is 1.19 bits per heavy atom. The number of hydrogen-bond acceptors (Lipinski definition) is 6. The molecular formula is C14H12F3N5O4. The maximum atomic E-state index is 12.4. The van der Waals surface area contributed by atoms with Crippen LogP contribution in [-0.2, 0) is 15.8 Å². The highest BCUT2D eigenvalue weighted by atomic mass is 19.4. The van der Waals surface area contributed by atoms with Gasteiger partial charge in [0, 0.05) is 11.6 Å². The van der Waals surface area contributed by atoms with Crippen LogP contribution in [0.15, 0.2) is 35.5 Å². The lowest BCUT2D eigenvalue weighted by Crippen LogP contribution is -2.20. The van der Waals surface area contributed by atoms with Gasteiger partial charge in [0.05, 0.1) is 0 Å². The molecule has 1 aromatic heterocycles. The van der Waals surface area contributed by atoms with E-state index in [1.165, 1.54) is 24.3 Å². The third-order valence-corrected chi connectivity index (χ3v) is 2.85. The Bertz CT molecular complexity index is 830. The number of halogens is 3. The van der Waals surface area contributed by atoms with Crippen molar-refractivity contribution in [2.75, 3.05) is 6.61 Å². The number of amidine groups is 1. The number of oxime groups is 1. The summed E-state index contributed by atoms with van der Waals surface area (Å²) in [5, 5.41) is 8.21. The van der Waals surface area contributed by atoms with E-state index in [1.54, 1.807) is 5.10 Å². The van der Waals surface area contributed by atoms with Crippen LogP contribution in [0.4, 0.5) is 13.2 Å². The number of benzene rings is 1. The fourth-order valence-corrected chi connectivity index (χ4v) is 1.64. The maximum absolute atomic E-state index is 12.4. The third-order valence-electron chi connectivity index (χ3n) is 2.85. The van der Waals surface area contributed by atoms with Gasteiger partial charge in [0.2, 0.25) is 0 Å². The molecule has 0 aliphatic heterocycles. The minimum Gasteiger partial charge on any atom is -0.484 e. The number of aromatic nitrogens is 2. The molecule has 5 N–H and O–H groups in total. The highest BCUT2D eigenvalue weighted by molar-refractivity contribution is 5.98. The van der Waals surface area contributed by atoms with Crippen LogP contribution in [0, 0.1) is 0 Å². The summed E-state index contributed by atoms with van der Waals surface area (Å²) in [6.07, 6.45) is -4.67. The summed E-state index contributed by atoms with van der Waals surface area (Å²) in [6.45, 7) is -0.301. The van der Waals surface area contributed by atoms with Crippen LogP contribution in [-0.4, -0.2) is 34.5 Å². The number of nitrogens with one attached hydrogen (secondary N) is 1. The molecule has 0 saturated heterocycles.